The molecule has 1 N–H and O–H groups in total. The predicted molar refractivity (Wildman–Crippen MR) is 73.8 cm³/mol. The lowest BCUT2D eigenvalue weighted by molar-refractivity contribution is 0.479. The largest absolute Gasteiger partial charge is 0.261 e. The molecule has 5 heteroatoms. The fraction of sp³-hybridized carbons (Fsp3) is 0.615. The summed E-state index contributed by atoms with van der Waals surface area (Å²) in [5, 5.41) is 0. The van der Waals surface area contributed by atoms with E-state index in [1.54, 1.807) is 6.20 Å². The van der Waals surface area contributed by atoms with Gasteiger partial charge in [-0.1, -0.05) is 32.8 Å². The van der Waals surface area contributed by atoms with Gasteiger partial charge in [0.1, 0.15) is 0 Å². The van der Waals surface area contributed by atoms with Crippen molar-refractivity contribution in [2.75, 3.05) is 12.3 Å². The van der Waals surface area contributed by atoms with E-state index in [1.165, 1.54) is 0 Å². The third-order valence-electron chi connectivity index (χ3n) is 3.10. The lowest BCUT2D eigenvalue weighted by Gasteiger charge is -2.13. The van der Waals surface area contributed by atoms with Crippen LogP contribution in [0.15, 0.2) is 24.4 Å². The summed E-state index contributed by atoms with van der Waals surface area (Å²) in [5.74, 6) is 0.527. The maximum atomic E-state index is 11.8. The van der Waals surface area contributed by atoms with Crippen molar-refractivity contribution in [3.05, 3.63) is 30.1 Å². The van der Waals surface area contributed by atoms with Crippen LogP contribution in [0.2, 0.25) is 0 Å². The average Bonchev–Trinajstić information content (AvgIpc) is 2.39. The zero-order chi connectivity index (χ0) is 13.4. The first kappa shape index (κ1) is 15.1. The Balaban J connectivity index is 2.40. The minimum Gasteiger partial charge on any atom is -0.261 e. The van der Waals surface area contributed by atoms with Crippen molar-refractivity contribution in [1.82, 2.24) is 9.71 Å². The van der Waals surface area contributed by atoms with Crippen molar-refractivity contribution in [1.29, 1.82) is 0 Å². The number of aromatic nitrogens is 1. The molecule has 18 heavy (non-hydrogen) atoms. The van der Waals surface area contributed by atoms with Crippen molar-refractivity contribution in [3.8, 4) is 0 Å². The van der Waals surface area contributed by atoms with Crippen LogP contribution in [-0.2, 0) is 16.4 Å². The molecule has 0 amide bonds. The van der Waals surface area contributed by atoms with E-state index < -0.39 is 10.0 Å². The molecule has 1 rings (SSSR count). The smallest absolute Gasteiger partial charge is 0.211 e. The SMILES string of the molecule is CCC(CC)CNS(=O)(=O)CCc1ccccn1. The Morgan fingerprint density at radius 3 is 2.56 bits per heavy atom. The van der Waals surface area contributed by atoms with Crippen LogP contribution in [-0.4, -0.2) is 25.7 Å². The van der Waals surface area contributed by atoms with Crippen molar-refractivity contribution in [2.24, 2.45) is 5.92 Å². The lowest BCUT2D eigenvalue weighted by atomic mass is 10.0. The number of sulfonamides is 1. The van der Waals surface area contributed by atoms with E-state index in [1.807, 2.05) is 18.2 Å². The maximum Gasteiger partial charge on any atom is 0.211 e. The topological polar surface area (TPSA) is 59.1 Å². The van der Waals surface area contributed by atoms with E-state index in [0.29, 0.717) is 18.9 Å². The first-order valence-corrected chi connectivity index (χ1v) is 8.09. The highest BCUT2D eigenvalue weighted by atomic mass is 32.2. The molecule has 0 aliphatic heterocycles. The monoisotopic (exact) mass is 270 g/mol. The number of hydrogen-bond acceptors (Lipinski definition) is 3. The molecule has 0 aliphatic rings. The minimum atomic E-state index is -3.19. The highest BCUT2D eigenvalue weighted by Crippen LogP contribution is 2.06. The Morgan fingerprint density at radius 2 is 2.00 bits per heavy atom. The molecule has 0 aromatic carbocycles. The second-order valence-electron chi connectivity index (χ2n) is 4.42. The molecule has 0 aliphatic carbocycles. The molecule has 4 nitrogen and oxygen atoms in total. The van der Waals surface area contributed by atoms with Crippen LogP contribution in [0, 0.1) is 5.92 Å². The zero-order valence-electron chi connectivity index (χ0n) is 11.1. The quantitative estimate of drug-likeness (QED) is 0.786. The summed E-state index contributed by atoms with van der Waals surface area (Å²) < 4.78 is 26.3. The summed E-state index contributed by atoms with van der Waals surface area (Å²) in [5.41, 5.74) is 0.811. The van der Waals surface area contributed by atoms with Gasteiger partial charge in [-0.3, -0.25) is 4.98 Å². The van der Waals surface area contributed by atoms with E-state index >= 15 is 0 Å². The molecule has 0 radical (unpaired) electrons. The van der Waals surface area contributed by atoms with E-state index in [-0.39, 0.29) is 5.75 Å². The molecule has 0 saturated carbocycles. The highest BCUT2D eigenvalue weighted by Gasteiger charge is 2.13. The summed E-state index contributed by atoms with van der Waals surface area (Å²) in [6.45, 7) is 4.70. The molecule has 0 fully saturated rings. The van der Waals surface area contributed by atoms with Crippen molar-refractivity contribution in [2.45, 2.75) is 33.1 Å². The third kappa shape index (κ3) is 5.60. The Kier molecular flexibility index (Phi) is 6.29. The Bertz CT molecular complexity index is 428. The zero-order valence-corrected chi connectivity index (χ0v) is 11.9. The molecule has 0 unspecified atom stereocenters. The molecular formula is C13H22N2O2S. The predicted octanol–water partition coefficient (Wildman–Crippen LogP) is 1.98. The van der Waals surface area contributed by atoms with Crippen molar-refractivity contribution in [3.63, 3.8) is 0 Å². The van der Waals surface area contributed by atoms with Crippen molar-refractivity contribution >= 4 is 10.0 Å². The minimum absolute atomic E-state index is 0.101. The Morgan fingerprint density at radius 1 is 1.28 bits per heavy atom. The molecule has 0 saturated heterocycles. The van der Waals surface area contributed by atoms with Crippen LogP contribution in [0.25, 0.3) is 0 Å². The molecule has 0 bridgehead atoms. The van der Waals surface area contributed by atoms with Gasteiger partial charge in [-0.25, -0.2) is 13.1 Å². The van der Waals surface area contributed by atoms with Gasteiger partial charge in [0.15, 0.2) is 0 Å². The number of nitrogens with zero attached hydrogens (tertiary/aromatic N) is 1. The van der Waals surface area contributed by atoms with Crippen LogP contribution in [0.1, 0.15) is 32.4 Å². The molecule has 1 aromatic heterocycles. The van der Waals surface area contributed by atoms with Gasteiger partial charge in [0.2, 0.25) is 10.0 Å². The second kappa shape index (κ2) is 7.48. The standard InChI is InChI=1S/C13H22N2O2S/c1-3-12(4-2)11-15-18(16,17)10-8-13-7-5-6-9-14-13/h5-7,9,12,15H,3-4,8,10-11H2,1-2H3. The van der Waals surface area contributed by atoms with Gasteiger partial charge >= 0.3 is 0 Å². The number of pyridine rings is 1. The summed E-state index contributed by atoms with van der Waals surface area (Å²) in [4.78, 5) is 4.12. The number of aryl methyl sites for hydroxylation is 1. The molecular weight excluding hydrogens is 248 g/mol. The number of nitrogens with one attached hydrogen (secondary N) is 1. The van der Waals surface area contributed by atoms with E-state index in [9.17, 15) is 8.42 Å². The molecule has 1 aromatic rings. The van der Waals surface area contributed by atoms with Crippen LogP contribution in [0.4, 0.5) is 0 Å². The van der Waals surface area contributed by atoms with Gasteiger partial charge in [-0.2, -0.15) is 0 Å². The van der Waals surface area contributed by atoms with Crippen molar-refractivity contribution < 1.29 is 8.42 Å². The van der Waals surface area contributed by atoms with Gasteiger partial charge < -0.3 is 0 Å². The highest BCUT2D eigenvalue weighted by molar-refractivity contribution is 7.89. The van der Waals surface area contributed by atoms with Crippen LogP contribution < -0.4 is 4.72 Å². The first-order valence-electron chi connectivity index (χ1n) is 6.44. The first-order chi connectivity index (χ1) is 8.57. The van der Waals surface area contributed by atoms with Gasteiger partial charge in [0.25, 0.3) is 0 Å². The molecule has 102 valence electrons. The van der Waals surface area contributed by atoms with Crippen LogP contribution in [0.3, 0.4) is 0 Å². The van der Waals surface area contributed by atoms with E-state index in [2.05, 4.69) is 23.6 Å². The van der Waals surface area contributed by atoms with Gasteiger partial charge in [-0.05, 0) is 18.1 Å². The van der Waals surface area contributed by atoms with Gasteiger partial charge in [-0.15, -0.1) is 0 Å². The van der Waals surface area contributed by atoms with E-state index in [4.69, 9.17) is 0 Å². The van der Waals surface area contributed by atoms with E-state index in [0.717, 1.165) is 18.5 Å². The lowest BCUT2D eigenvalue weighted by Crippen LogP contribution is -2.31. The Labute approximate surface area is 110 Å². The molecule has 1 heterocycles. The summed E-state index contributed by atoms with van der Waals surface area (Å²) in [6, 6.07) is 5.53. The number of rotatable bonds is 8. The fourth-order valence-corrected chi connectivity index (χ4v) is 2.79. The normalized spacial score (nSPS) is 11.9. The maximum absolute atomic E-state index is 11.8. The molecule has 0 spiro atoms. The third-order valence-corrected chi connectivity index (χ3v) is 4.45. The molecule has 0 atom stereocenters. The summed E-state index contributed by atoms with van der Waals surface area (Å²) in [7, 11) is -3.19. The van der Waals surface area contributed by atoms with Crippen LogP contribution in [0.5, 0.6) is 0 Å². The Hall–Kier alpha value is -0.940. The fourth-order valence-electron chi connectivity index (χ4n) is 1.68. The summed E-state index contributed by atoms with van der Waals surface area (Å²) >= 11 is 0. The van der Waals surface area contributed by atoms with Crippen LogP contribution >= 0.6 is 0 Å². The second-order valence-corrected chi connectivity index (χ2v) is 6.35. The average molecular weight is 270 g/mol. The van der Waals surface area contributed by atoms with Gasteiger partial charge in [0, 0.05) is 24.9 Å². The number of hydrogen-bond donors (Lipinski definition) is 1. The van der Waals surface area contributed by atoms with Gasteiger partial charge in [0.05, 0.1) is 5.75 Å². The summed E-state index contributed by atoms with van der Waals surface area (Å²) in [6.07, 6.45) is 4.14.